The second-order valence-corrected chi connectivity index (χ2v) is 6.67. The Bertz CT molecular complexity index is 725. The zero-order chi connectivity index (χ0) is 14.9. The molecular formula is C13H12BN3OS2. The highest BCUT2D eigenvalue weighted by atomic mass is 32.1. The molecule has 0 saturated heterocycles. The first-order chi connectivity index (χ1) is 9.49. The Morgan fingerprint density at radius 1 is 1.20 bits per heavy atom. The summed E-state index contributed by atoms with van der Waals surface area (Å²) in [5.41, 5.74) is 2.51. The summed E-state index contributed by atoms with van der Waals surface area (Å²) in [6.07, 6.45) is 0. The lowest BCUT2D eigenvalue weighted by atomic mass is 10.1. The summed E-state index contributed by atoms with van der Waals surface area (Å²) < 4.78 is 9.29. The van der Waals surface area contributed by atoms with E-state index >= 15 is 0 Å². The van der Waals surface area contributed by atoms with Crippen LogP contribution in [-0.2, 0) is 4.65 Å². The average Bonchev–Trinajstić information content (AvgIpc) is 2.91. The number of nitrogens with zero attached hydrogens (tertiary/aromatic N) is 3. The number of aryl methyl sites for hydroxylation is 3. The van der Waals surface area contributed by atoms with E-state index in [9.17, 15) is 5.26 Å². The minimum atomic E-state index is 0.280. The molecule has 2 heterocycles. The molecule has 0 saturated carbocycles. The quantitative estimate of drug-likeness (QED) is 0.496. The minimum Gasteiger partial charge on any atom is -0.565 e. The van der Waals surface area contributed by atoms with E-state index in [0.29, 0.717) is 17.0 Å². The maximum absolute atomic E-state index is 9.47. The van der Waals surface area contributed by atoms with Crippen LogP contribution in [0.5, 0.6) is 0 Å². The SMILES string of the molecule is [B]OC(=C(C#N)c1nc(C)sc1C)c1nsc(C)c1C. The van der Waals surface area contributed by atoms with Gasteiger partial charge in [0.1, 0.15) is 23.1 Å². The molecule has 0 atom stereocenters. The third kappa shape index (κ3) is 2.49. The van der Waals surface area contributed by atoms with Crippen molar-refractivity contribution in [3.8, 4) is 6.07 Å². The molecule has 2 rings (SSSR count). The van der Waals surface area contributed by atoms with Crippen LogP contribution >= 0.6 is 22.9 Å². The number of rotatable bonds is 3. The summed E-state index contributed by atoms with van der Waals surface area (Å²) in [7, 11) is 5.38. The lowest BCUT2D eigenvalue weighted by Gasteiger charge is -2.08. The van der Waals surface area contributed by atoms with Crippen molar-refractivity contribution in [3.05, 3.63) is 31.7 Å². The van der Waals surface area contributed by atoms with Crippen molar-refractivity contribution in [3.63, 3.8) is 0 Å². The van der Waals surface area contributed by atoms with Crippen molar-refractivity contribution in [1.82, 2.24) is 9.36 Å². The van der Waals surface area contributed by atoms with E-state index in [1.54, 1.807) is 0 Å². The van der Waals surface area contributed by atoms with Gasteiger partial charge in [0.25, 0.3) is 0 Å². The van der Waals surface area contributed by atoms with Crippen LogP contribution in [0, 0.1) is 39.0 Å². The molecule has 100 valence electrons. The molecule has 0 aliphatic rings. The molecule has 20 heavy (non-hydrogen) atoms. The van der Waals surface area contributed by atoms with Crippen molar-refractivity contribution in [2.75, 3.05) is 0 Å². The van der Waals surface area contributed by atoms with Crippen molar-refractivity contribution in [2.24, 2.45) is 0 Å². The molecule has 4 nitrogen and oxygen atoms in total. The normalized spacial score (nSPS) is 11.9. The van der Waals surface area contributed by atoms with Crippen molar-refractivity contribution >= 4 is 42.3 Å². The van der Waals surface area contributed by atoms with Gasteiger partial charge in [0.05, 0.1) is 10.7 Å². The molecule has 0 unspecified atom stereocenters. The van der Waals surface area contributed by atoms with Crippen LogP contribution < -0.4 is 0 Å². The van der Waals surface area contributed by atoms with Gasteiger partial charge >= 0.3 is 8.05 Å². The average molecular weight is 301 g/mol. The second kappa shape index (κ2) is 5.77. The van der Waals surface area contributed by atoms with Crippen LogP contribution in [0.15, 0.2) is 0 Å². The second-order valence-electron chi connectivity index (χ2n) is 4.28. The van der Waals surface area contributed by atoms with Crippen LogP contribution in [0.1, 0.15) is 31.7 Å². The summed E-state index contributed by atoms with van der Waals surface area (Å²) in [5.74, 6) is 0.280. The standard InChI is InChI=1S/C13H12BN3OS2/c1-6-7(2)20-17-11(6)13(18-14)10(5-15)12-8(3)19-9(4)16-12/h1-4H3. The number of thiazole rings is 1. The monoisotopic (exact) mass is 301 g/mol. The number of nitriles is 1. The van der Waals surface area contributed by atoms with Gasteiger partial charge in [0.15, 0.2) is 0 Å². The van der Waals surface area contributed by atoms with Crippen LogP contribution in [0.4, 0.5) is 0 Å². The van der Waals surface area contributed by atoms with Gasteiger partial charge in [-0.25, -0.2) is 4.98 Å². The predicted octanol–water partition coefficient (Wildman–Crippen LogP) is 3.33. The van der Waals surface area contributed by atoms with Crippen molar-refractivity contribution < 1.29 is 4.65 Å². The molecule has 0 amide bonds. The molecule has 2 radical (unpaired) electrons. The number of aromatic nitrogens is 2. The smallest absolute Gasteiger partial charge is 0.374 e. The maximum Gasteiger partial charge on any atom is 0.374 e. The molecule has 0 spiro atoms. The molecule has 0 fully saturated rings. The third-order valence-corrected chi connectivity index (χ3v) is 4.71. The fourth-order valence-electron chi connectivity index (χ4n) is 1.83. The van der Waals surface area contributed by atoms with Crippen LogP contribution in [0.25, 0.3) is 11.3 Å². The summed E-state index contributed by atoms with van der Waals surface area (Å²) in [5, 5.41) is 10.4. The third-order valence-electron chi connectivity index (χ3n) is 2.97. The Labute approximate surface area is 127 Å². The number of allylic oxidation sites excluding steroid dienone is 1. The topological polar surface area (TPSA) is 58.8 Å². The predicted molar refractivity (Wildman–Crippen MR) is 82.4 cm³/mol. The molecular weight excluding hydrogens is 289 g/mol. The van der Waals surface area contributed by atoms with E-state index in [1.807, 2.05) is 27.7 Å². The highest BCUT2D eigenvalue weighted by molar-refractivity contribution is 7.11. The van der Waals surface area contributed by atoms with Crippen molar-refractivity contribution in [2.45, 2.75) is 27.7 Å². The first kappa shape index (κ1) is 14.8. The Balaban J connectivity index is 2.69. The van der Waals surface area contributed by atoms with Gasteiger partial charge < -0.3 is 4.65 Å². The van der Waals surface area contributed by atoms with Gasteiger partial charge in [0.2, 0.25) is 0 Å². The maximum atomic E-state index is 9.47. The fourth-order valence-corrected chi connectivity index (χ4v) is 3.34. The Kier molecular flexibility index (Phi) is 4.26. The van der Waals surface area contributed by atoms with Gasteiger partial charge in [-0.2, -0.15) is 9.64 Å². The Hall–Kier alpha value is -1.65. The molecule has 2 aromatic heterocycles. The van der Waals surface area contributed by atoms with Crippen LogP contribution in [0.2, 0.25) is 0 Å². The molecule has 2 aromatic rings. The fraction of sp³-hybridized carbons (Fsp3) is 0.308. The first-order valence-electron chi connectivity index (χ1n) is 5.88. The zero-order valence-corrected chi connectivity index (χ0v) is 13.3. The minimum absolute atomic E-state index is 0.280. The number of hydrogen-bond donors (Lipinski definition) is 0. The summed E-state index contributed by atoms with van der Waals surface area (Å²) in [4.78, 5) is 6.41. The van der Waals surface area contributed by atoms with E-state index in [4.69, 9.17) is 12.7 Å². The molecule has 0 aromatic carbocycles. The summed E-state index contributed by atoms with van der Waals surface area (Å²) >= 11 is 2.90. The molecule has 0 N–H and O–H groups in total. The van der Waals surface area contributed by atoms with Gasteiger partial charge in [-0.15, -0.1) is 11.3 Å². The first-order valence-corrected chi connectivity index (χ1v) is 7.47. The molecule has 0 bridgehead atoms. The number of hydrogen-bond acceptors (Lipinski definition) is 6. The van der Waals surface area contributed by atoms with E-state index < -0.39 is 0 Å². The van der Waals surface area contributed by atoms with Gasteiger partial charge in [-0.05, 0) is 44.8 Å². The van der Waals surface area contributed by atoms with E-state index in [1.165, 1.54) is 22.9 Å². The highest BCUT2D eigenvalue weighted by Gasteiger charge is 2.21. The molecule has 7 heteroatoms. The van der Waals surface area contributed by atoms with Gasteiger partial charge in [-0.3, -0.25) is 0 Å². The lowest BCUT2D eigenvalue weighted by molar-refractivity contribution is 0.571. The Morgan fingerprint density at radius 3 is 2.30 bits per heavy atom. The zero-order valence-electron chi connectivity index (χ0n) is 11.6. The van der Waals surface area contributed by atoms with E-state index in [-0.39, 0.29) is 5.76 Å². The summed E-state index contributed by atoms with van der Waals surface area (Å²) in [6, 6.07) is 2.14. The Morgan fingerprint density at radius 2 is 1.90 bits per heavy atom. The molecule has 0 aliphatic heterocycles. The largest absolute Gasteiger partial charge is 0.565 e. The molecule has 0 aliphatic carbocycles. The van der Waals surface area contributed by atoms with Gasteiger partial charge in [-0.1, -0.05) is 0 Å². The van der Waals surface area contributed by atoms with Crippen molar-refractivity contribution in [1.29, 1.82) is 5.26 Å². The van der Waals surface area contributed by atoms with Crippen LogP contribution in [-0.4, -0.2) is 17.4 Å². The summed E-state index contributed by atoms with van der Waals surface area (Å²) in [6.45, 7) is 7.72. The van der Waals surface area contributed by atoms with Gasteiger partial charge in [0, 0.05) is 9.75 Å². The van der Waals surface area contributed by atoms with E-state index in [0.717, 1.165) is 20.3 Å². The van der Waals surface area contributed by atoms with E-state index in [2.05, 4.69) is 15.4 Å². The highest BCUT2D eigenvalue weighted by Crippen LogP contribution is 2.32. The lowest BCUT2D eigenvalue weighted by Crippen LogP contribution is -1.98. The van der Waals surface area contributed by atoms with Crippen LogP contribution in [0.3, 0.4) is 0 Å².